The van der Waals surface area contributed by atoms with Gasteiger partial charge in [0.25, 0.3) is 0 Å². The Morgan fingerprint density at radius 2 is 1.93 bits per heavy atom. The number of hydrogen-bond donors (Lipinski definition) is 1. The van der Waals surface area contributed by atoms with Crippen LogP contribution in [0.3, 0.4) is 0 Å². The van der Waals surface area contributed by atoms with Gasteiger partial charge in [-0.25, -0.2) is 4.79 Å². The minimum atomic E-state index is -0.0790. The lowest BCUT2D eigenvalue weighted by atomic mass is 10.2. The van der Waals surface area contributed by atoms with Crippen LogP contribution in [-0.4, -0.2) is 28.8 Å². The number of carbonyl (C=O) groups is 1. The summed E-state index contributed by atoms with van der Waals surface area (Å²) in [6.07, 6.45) is 0. The molecule has 0 aromatic heterocycles. The molecular formula is C11H16N2OS. The molecule has 0 fully saturated rings. The molecule has 0 heterocycles. The number of benzene rings is 1. The quantitative estimate of drug-likeness (QED) is 0.783. The Morgan fingerprint density at radius 3 is 2.47 bits per heavy atom. The van der Waals surface area contributed by atoms with Gasteiger partial charge in [0.15, 0.2) is 0 Å². The van der Waals surface area contributed by atoms with E-state index in [-0.39, 0.29) is 6.03 Å². The van der Waals surface area contributed by atoms with Crippen molar-refractivity contribution in [2.45, 2.75) is 13.5 Å². The molecule has 1 rings (SSSR count). The second-order valence-electron chi connectivity index (χ2n) is 3.34. The number of urea groups is 1. The molecule has 0 aliphatic rings. The SMILES string of the molecule is CCN(S)C(=O)N(C)Cc1ccccc1. The van der Waals surface area contributed by atoms with Crippen molar-refractivity contribution in [3.05, 3.63) is 35.9 Å². The van der Waals surface area contributed by atoms with Crippen molar-refractivity contribution in [3.8, 4) is 0 Å². The first kappa shape index (κ1) is 11.9. The molecule has 0 aliphatic heterocycles. The van der Waals surface area contributed by atoms with E-state index < -0.39 is 0 Å². The topological polar surface area (TPSA) is 23.6 Å². The zero-order valence-corrected chi connectivity index (χ0v) is 9.95. The van der Waals surface area contributed by atoms with Crippen LogP contribution in [0.5, 0.6) is 0 Å². The van der Waals surface area contributed by atoms with Crippen LogP contribution in [0.1, 0.15) is 12.5 Å². The highest BCUT2D eigenvalue weighted by molar-refractivity contribution is 7.78. The standard InChI is InChI=1S/C11H16N2OS/c1-3-13(15)11(14)12(2)9-10-7-5-4-6-8-10/h4-8,15H,3,9H2,1-2H3. The summed E-state index contributed by atoms with van der Waals surface area (Å²) in [4.78, 5) is 13.3. The molecule has 1 aromatic carbocycles. The highest BCUT2D eigenvalue weighted by Gasteiger charge is 2.13. The van der Waals surface area contributed by atoms with Crippen LogP contribution in [0.15, 0.2) is 30.3 Å². The molecule has 0 bridgehead atoms. The molecule has 0 saturated heterocycles. The molecule has 15 heavy (non-hydrogen) atoms. The van der Waals surface area contributed by atoms with Crippen LogP contribution in [0.2, 0.25) is 0 Å². The third kappa shape index (κ3) is 3.47. The maximum Gasteiger partial charge on any atom is 0.329 e. The minimum absolute atomic E-state index is 0.0790. The monoisotopic (exact) mass is 224 g/mol. The lowest BCUT2D eigenvalue weighted by Gasteiger charge is -2.22. The van der Waals surface area contributed by atoms with Crippen molar-refractivity contribution in [2.75, 3.05) is 13.6 Å². The van der Waals surface area contributed by atoms with Gasteiger partial charge in [0.05, 0.1) is 0 Å². The Morgan fingerprint density at radius 1 is 1.33 bits per heavy atom. The number of rotatable bonds is 3. The molecular weight excluding hydrogens is 208 g/mol. The fourth-order valence-corrected chi connectivity index (χ4v) is 1.41. The summed E-state index contributed by atoms with van der Waals surface area (Å²) in [6, 6.07) is 9.81. The molecule has 0 saturated carbocycles. The molecule has 3 nitrogen and oxygen atoms in total. The van der Waals surface area contributed by atoms with E-state index in [4.69, 9.17) is 0 Å². The van der Waals surface area contributed by atoms with Gasteiger partial charge in [-0.15, -0.1) is 0 Å². The Labute approximate surface area is 96.2 Å². The summed E-state index contributed by atoms with van der Waals surface area (Å²) in [7, 11) is 1.77. The first-order valence-electron chi connectivity index (χ1n) is 4.90. The van der Waals surface area contributed by atoms with E-state index >= 15 is 0 Å². The second kappa shape index (κ2) is 5.66. The van der Waals surface area contributed by atoms with Crippen LogP contribution in [0, 0.1) is 0 Å². The predicted molar refractivity (Wildman–Crippen MR) is 64.7 cm³/mol. The summed E-state index contributed by atoms with van der Waals surface area (Å²) in [6.45, 7) is 3.10. The van der Waals surface area contributed by atoms with E-state index in [1.165, 1.54) is 4.31 Å². The Kier molecular flexibility index (Phi) is 4.49. The zero-order valence-electron chi connectivity index (χ0n) is 9.05. The number of amides is 2. The number of nitrogens with zero attached hydrogens (tertiary/aromatic N) is 2. The van der Waals surface area contributed by atoms with E-state index in [0.717, 1.165) is 5.56 Å². The molecule has 0 N–H and O–H groups in total. The lowest BCUT2D eigenvalue weighted by molar-refractivity contribution is 0.191. The Bertz CT molecular complexity index is 316. The normalized spacial score (nSPS) is 9.80. The average molecular weight is 224 g/mol. The molecule has 0 unspecified atom stereocenters. The van der Waals surface area contributed by atoms with E-state index in [9.17, 15) is 4.79 Å². The highest BCUT2D eigenvalue weighted by atomic mass is 32.1. The molecule has 1 aromatic rings. The summed E-state index contributed by atoms with van der Waals surface area (Å²) in [5.74, 6) is 0. The van der Waals surface area contributed by atoms with Gasteiger partial charge in [-0.2, -0.15) is 0 Å². The molecule has 0 atom stereocenters. The van der Waals surface area contributed by atoms with Gasteiger partial charge in [0, 0.05) is 20.1 Å². The van der Waals surface area contributed by atoms with Crippen molar-refractivity contribution >= 4 is 18.8 Å². The first-order chi connectivity index (χ1) is 7.15. The summed E-state index contributed by atoms with van der Waals surface area (Å²) >= 11 is 4.07. The van der Waals surface area contributed by atoms with Crippen LogP contribution >= 0.6 is 12.8 Å². The van der Waals surface area contributed by atoms with E-state index in [0.29, 0.717) is 13.1 Å². The second-order valence-corrected chi connectivity index (χ2v) is 3.82. The van der Waals surface area contributed by atoms with E-state index in [2.05, 4.69) is 12.8 Å². The Hall–Kier alpha value is -1.16. The summed E-state index contributed by atoms with van der Waals surface area (Å²) in [5.41, 5.74) is 1.12. The van der Waals surface area contributed by atoms with Gasteiger partial charge in [0.1, 0.15) is 0 Å². The zero-order chi connectivity index (χ0) is 11.3. The fraction of sp³-hybridized carbons (Fsp3) is 0.364. The predicted octanol–water partition coefficient (Wildman–Crippen LogP) is 2.41. The van der Waals surface area contributed by atoms with Crippen molar-refractivity contribution < 1.29 is 4.79 Å². The third-order valence-electron chi connectivity index (χ3n) is 2.11. The molecule has 4 heteroatoms. The largest absolute Gasteiger partial charge is 0.329 e. The van der Waals surface area contributed by atoms with Gasteiger partial charge in [0.2, 0.25) is 0 Å². The number of hydrogen-bond acceptors (Lipinski definition) is 2. The van der Waals surface area contributed by atoms with Crippen LogP contribution in [0.4, 0.5) is 4.79 Å². The smallest absolute Gasteiger partial charge is 0.323 e. The number of thiol groups is 1. The van der Waals surface area contributed by atoms with Crippen molar-refractivity contribution in [1.82, 2.24) is 9.21 Å². The summed E-state index contributed by atoms with van der Waals surface area (Å²) in [5, 5.41) is 0. The van der Waals surface area contributed by atoms with Gasteiger partial charge in [-0.3, -0.25) is 4.31 Å². The Balaban J connectivity index is 2.56. The van der Waals surface area contributed by atoms with Gasteiger partial charge >= 0.3 is 6.03 Å². The molecule has 2 amide bonds. The minimum Gasteiger partial charge on any atom is -0.323 e. The molecule has 0 spiro atoms. The summed E-state index contributed by atoms with van der Waals surface area (Å²) < 4.78 is 1.39. The van der Waals surface area contributed by atoms with Crippen LogP contribution in [0.25, 0.3) is 0 Å². The lowest BCUT2D eigenvalue weighted by Crippen LogP contribution is -2.35. The van der Waals surface area contributed by atoms with Crippen LogP contribution in [-0.2, 0) is 6.54 Å². The van der Waals surface area contributed by atoms with E-state index in [1.54, 1.807) is 11.9 Å². The van der Waals surface area contributed by atoms with Gasteiger partial charge < -0.3 is 4.90 Å². The van der Waals surface area contributed by atoms with Crippen molar-refractivity contribution in [2.24, 2.45) is 0 Å². The van der Waals surface area contributed by atoms with Gasteiger partial charge in [-0.1, -0.05) is 43.1 Å². The molecule has 0 aliphatic carbocycles. The van der Waals surface area contributed by atoms with Crippen LogP contribution < -0.4 is 0 Å². The maximum absolute atomic E-state index is 11.7. The first-order valence-corrected chi connectivity index (χ1v) is 5.30. The van der Waals surface area contributed by atoms with Crippen molar-refractivity contribution in [3.63, 3.8) is 0 Å². The molecule has 82 valence electrons. The van der Waals surface area contributed by atoms with E-state index in [1.807, 2.05) is 37.3 Å². The number of carbonyl (C=O) groups excluding carboxylic acids is 1. The average Bonchev–Trinajstić information content (AvgIpc) is 2.28. The van der Waals surface area contributed by atoms with Crippen molar-refractivity contribution in [1.29, 1.82) is 0 Å². The maximum atomic E-state index is 11.7. The van der Waals surface area contributed by atoms with Gasteiger partial charge in [-0.05, 0) is 12.5 Å². The third-order valence-corrected chi connectivity index (χ3v) is 2.56. The molecule has 0 radical (unpaired) electrons. The fourth-order valence-electron chi connectivity index (χ4n) is 1.26. The highest BCUT2D eigenvalue weighted by Crippen LogP contribution is 2.06.